The zero-order chi connectivity index (χ0) is 24.9. The molecule has 0 bridgehead atoms. The average molecular weight is 462 g/mol. The summed E-state index contributed by atoms with van der Waals surface area (Å²) in [6, 6.07) is 18.2. The van der Waals surface area contributed by atoms with Gasteiger partial charge in [0.1, 0.15) is 17.1 Å². The molecule has 0 atom stereocenters. The molecule has 0 aromatic heterocycles. The summed E-state index contributed by atoms with van der Waals surface area (Å²) in [6.07, 6.45) is 0. The average Bonchev–Trinajstić information content (AvgIpc) is 2.78. The van der Waals surface area contributed by atoms with E-state index < -0.39 is 36.1 Å². The molecule has 0 heterocycles. The van der Waals surface area contributed by atoms with Crippen molar-refractivity contribution in [2.75, 3.05) is 0 Å². The largest absolute Gasteiger partial charge is 0.496 e. The third kappa shape index (κ3) is 6.31. The first-order chi connectivity index (χ1) is 16.0. The summed E-state index contributed by atoms with van der Waals surface area (Å²) in [4.78, 5) is 38.0. The molecule has 0 unspecified atom stereocenters. The highest BCUT2D eigenvalue weighted by Crippen LogP contribution is 2.25. The molecular weight excluding hydrogens is 439 g/mol. The van der Waals surface area contributed by atoms with E-state index in [1.165, 1.54) is 24.3 Å². The van der Waals surface area contributed by atoms with Gasteiger partial charge < -0.3 is 24.3 Å². The van der Waals surface area contributed by atoms with Crippen LogP contribution < -0.4 is 14.9 Å². The summed E-state index contributed by atoms with van der Waals surface area (Å²) >= 11 is 0. The summed E-state index contributed by atoms with van der Waals surface area (Å²) in [5.74, 6) is -3.17. The lowest BCUT2D eigenvalue weighted by molar-refractivity contribution is 0.00677. The van der Waals surface area contributed by atoms with E-state index in [2.05, 4.69) is 0 Å². The molecule has 0 amide bonds. The van der Waals surface area contributed by atoms with E-state index in [1.54, 1.807) is 57.2 Å². The van der Waals surface area contributed by atoms with Crippen molar-refractivity contribution in [2.24, 2.45) is 0 Å². The van der Waals surface area contributed by atoms with Crippen LogP contribution in [0.4, 0.5) is 0 Å². The minimum atomic E-state index is -2.19. The van der Waals surface area contributed by atoms with Crippen LogP contribution in [0.1, 0.15) is 51.8 Å². The summed E-state index contributed by atoms with van der Waals surface area (Å²) in [7, 11) is -2.19. The number of carbonyl (C=O) groups excluding carboxylic acids is 3. The van der Waals surface area contributed by atoms with Crippen molar-refractivity contribution in [3.8, 4) is 11.5 Å². The smallest absolute Gasteiger partial charge is 0.456 e. The number of ether oxygens (including phenoxy) is 3. The van der Waals surface area contributed by atoms with Crippen molar-refractivity contribution in [1.29, 1.82) is 0 Å². The number of hydrogen-bond donors (Lipinski definition) is 2. The van der Waals surface area contributed by atoms with Crippen LogP contribution in [-0.4, -0.2) is 40.7 Å². The zero-order valence-electron chi connectivity index (χ0n) is 18.8. The molecule has 3 rings (SSSR count). The molecule has 3 aromatic carbocycles. The molecule has 0 aliphatic carbocycles. The monoisotopic (exact) mass is 462 g/mol. The Morgan fingerprint density at radius 2 is 1.09 bits per heavy atom. The molecule has 9 heteroatoms. The lowest BCUT2D eigenvalue weighted by Crippen LogP contribution is -2.35. The SMILES string of the molecule is CC(C)(C)OC(=O)c1cc(OC(=O)c2ccccc2)c(B(O)O)c(OC(=O)c2ccccc2)c1. The number of hydrogen-bond acceptors (Lipinski definition) is 8. The van der Waals surface area contributed by atoms with Gasteiger partial charge in [0.25, 0.3) is 0 Å². The Balaban J connectivity index is 2.08. The normalized spacial score (nSPS) is 10.9. The second-order valence-corrected chi connectivity index (χ2v) is 8.27. The van der Waals surface area contributed by atoms with Crippen molar-refractivity contribution >= 4 is 30.5 Å². The van der Waals surface area contributed by atoms with Crippen LogP contribution >= 0.6 is 0 Å². The van der Waals surface area contributed by atoms with Gasteiger partial charge in [-0.15, -0.1) is 0 Å². The van der Waals surface area contributed by atoms with Crippen molar-refractivity contribution in [3.05, 3.63) is 89.5 Å². The van der Waals surface area contributed by atoms with E-state index in [9.17, 15) is 24.4 Å². The summed E-state index contributed by atoms with van der Waals surface area (Å²) in [6.45, 7) is 5.01. The highest BCUT2D eigenvalue weighted by Gasteiger charge is 2.30. The molecule has 0 saturated heterocycles. The minimum Gasteiger partial charge on any atom is -0.456 e. The second kappa shape index (κ2) is 10.3. The fourth-order valence-corrected chi connectivity index (χ4v) is 2.95. The molecule has 174 valence electrons. The van der Waals surface area contributed by atoms with Crippen LogP contribution in [0.15, 0.2) is 72.8 Å². The minimum absolute atomic E-state index is 0.119. The first-order valence-electron chi connectivity index (χ1n) is 10.4. The Morgan fingerprint density at radius 1 is 0.676 bits per heavy atom. The molecule has 0 saturated carbocycles. The molecule has 2 N–H and O–H groups in total. The van der Waals surface area contributed by atoms with Crippen molar-refractivity contribution in [3.63, 3.8) is 0 Å². The second-order valence-electron chi connectivity index (χ2n) is 8.27. The maximum atomic E-state index is 12.7. The predicted octanol–water partition coefficient (Wildman–Crippen LogP) is 2.76. The molecule has 3 aromatic rings. The van der Waals surface area contributed by atoms with Gasteiger partial charge in [-0.25, -0.2) is 14.4 Å². The highest BCUT2D eigenvalue weighted by atomic mass is 16.6. The van der Waals surface area contributed by atoms with Gasteiger partial charge in [-0.05, 0) is 57.2 Å². The molecule has 34 heavy (non-hydrogen) atoms. The van der Waals surface area contributed by atoms with E-state index in [-0.39, 0.29) is 28.2 Å². The Kier molecular flexibility index (Phi) is 7.50. The first kappa shape index (κ1) is 24.7. The van der Waals surface area contributed by atoms with Crippen LogP contribution in [0.25, 0.3) is 0 Å². The number of esters is 3. The van der Waals surface area contributed by atoms with E-state index in [0.29, 0.717) is 0 Å². The van der Waals surface area contributed by atoms with Gasteiger partial charge in [0, 0.05) is 0 Å². The quantitative estimate of drug-likeness (QED) is 0.326. The van der Waals surface area contributed by atoms with E-state index in [4.69, 9.17) is 14.2 Å². The maximum absolute atomic E-state index is 12.7. The fourth-order valence-electron chi connectivity index (χ4n) is 2.95. The van der Waals surface area contributed by atoms with Gasteiger partial charge in [0.15, 0.2) is 0 Å². The zero-order valence-corrected chi connectivity index (χ0v) is 18.8. The van der Waals surface area contributed by atoms with Gasteiger partial charge in [-0.3, -0.25) is 0 Å². The van der Waals surface area contributed by atoms with Crippen molar-refractivity contribution in [1.82, 2.24) is 0 Å². The van der Waals surface area contributed by atoms with Crippen LogP contribution in [0.2, 0.25) is 0 Å². The van der Waals surface area contributed by atoms with E-state index in [1.807, 2.05) is 0 Å². The summed E-state index contributed by atoms with van der Waals surface area (Å²) in [5, 5.41) is 20.1. The summed E-state index contributed by atoms with van der Waals surface area (Å²) in [5.41, 5.74) is -0.988. The van der Waals surface area contributed by atoms with Crippen LogP contribution in [0.5, 0.6) is 11.5 Å². The number of carbonyl (C=O) groups is 3. The van der Waals surface area contributed by atoms with Gasteiger partial charge in [0.2, 0.25) is 0 Å². The Morgan fingerprint density at radius 3 is 1.44 bits per heavy atom. The number of benzene rings is 3. The Hall–Kier alpha value is -3.95. The Labute approximate surface area is 196 Å². The van der Waals surface area contributed by atoms with Crippen LogP contribution in [0.3, 0.4) is 0 Å². The topological polar surface area (TPSA) is 119 Å². The molecule has 0 radical (unpaired) electrons. The third-order valence-electron chi connectivity index (χ3n) is 4.42. The number of rotatable bonds is 6. The van der Waals surface area contributed by atoms with Gasteiger partial charge in [-0.2, -0.15) is 0 Å². The molecule has 0 aliphatic rings. The lowest BCUT2D eigenvalue weighted by atomic mass is 9.78. The van der Waals surface area contributed by atoms with Gasteiger partial charge in [0.05, 0.1) is 22.2 Å². The molecule has 0 aliphatic heterocycles. The van der Waals surface area contributed by atoms with Crippen molar-refractivity contribution in [2.45, 2.75) is 26.4 Å². The lowest BCUT2D eigenvalue weighted by Gasteiger charge is -2.21. The van der Waals surface area contributed by atoms with Gasteiger partial charge >= 0.3 is 25.0 Å². The fraction of sp³-hybridized carbons (Fsp3) is 0.160. The van der Waals surface area contributed by atoms with E-state index in [0.717, 1.165) is 12.1 Å². The molecular formula is C25H23BO8. The van der Waals surface area contributed by atoms with Gasteiger partial charge in [-0.1, -0.05) is 36.4 Å². The molecule has 0 fully saturated rings. The first-order valence-corrected chi connectivity index (χ1v) is 10.4. The summed E-state index contributed by atoms with van der Waals surface area (Å²) < 4.78 is 16.1. The maximum Gasteiger partial charge on any atom is 0.496 e. The highest BCUT2D eigenvalue weighted by molar-refractivity contribution is 6.61. The molecule has 0 spiro atoms. The van der Waals surface area contributed by atoms with Crippen LogP contribution in [0, 0.1) is 0 Å². The predicted molar refractivity (Wildman–Crippen MR) is 124 cm³/mol. The van der Waals surface area contributed by atoms with Crippen molar-refractivity contribution < 1.29 is 38.6 Å². The standard InChI is InChI=1S/C25H23BO8/c1-25(2,3)34-24(29)18-14-19(32-22(27)16-10-6-4-7-11-16)21(26(30)31)20(15-18)33-23(28)17-12-8-5-9-13-17/h4-15,30-31H,1-3H3. The van der Waals surface area contributed by atoms with E-state index >= 15 is 0 Å². The van der Waals surface area contributed by atoms with Crippen LogP contribution in [-0.2, 0) is 4.74 Å². The molecule has 8 nitrogen and oxygen atoms in total. The third-order valence-corrected chi connectivity index (χ3v) is 4.42. The Bertz CT molecular complexity index is 1110.